The number of aryl methyl sites for hydroxylation is 1. The van der Waals surface area contributed by atoms with Crippen molar-refractivity contribution >= 4 is 61.3 Å². The van der Waals surface area contributed by atoms with E-state index in [1.165, 1.54) is 18.4 Å². The average Bonchev–Trinajstić information content (AvgIpc) is 3.43. The van der Waals surface area contributed by atoms with Crippen molar-refractivity contribution in [3.05, 3.63) is 56.3 Å². The maximum atomic E-state index is 13.6. The molecular weight excluding hydrogens is 518 g/mol. The quantitative estimate of drug-likeness (QED) is 0.269. The molecule has 1 unspecified atom stereocenters. The van der Waals surface area contributed by atoms with Gasteiger partial charge in [-0.15, -0.1) is 22.7 Å². The molecule has 0 radical (unpaired) electrons. The summed E-state index contributed by atoms with van der Waals surface area (Å²) in [6.45, 7) is 4.24. The third-order valence-electron chi connectivity index (χ3n) is 7.00. The Hall–Kier alpha value is -3.94. The lowest BCUT2D eigenvalue weighted by Crippen LogP contribution is -2.16. The molecule has 3 heterocycles. The number of hydrogen-bond acceptors (Lipinski definition) is 9. The number of nitrogen functional groups attached to an aromatic ring is 2. The lowest BCUT2D eigenvalue weighted by molar-refractivity contribution is 0.0601. The topological polar surface area (TPSA) is 144 Å². The Morgan fingerprint density at radius 1 is 1.24 bits per heavy atom. The van der Waals surface area contributed by atoms with E-state index in [-0.39, 0.29) is 21.9 Å². The first kappa shape index (κ1) is 25.7. The second-order valence-electron chi connectivity index (χ2n) is 9.44. The first-order chi connectivity index (χ1) is 18.3. The van der Waals surface area contributed by atoms with Gasteiger partial charge in [0.15, 0.2) is 0 Å². The maximum absolute atomic E-state index is 13.6. The van der Waals surface area contributed by atoms with Gasteiger partial charge in [-0.05, 0) is 48.3 Å². The van der Waals surface area contributed by atoms with Crippen LogP contribution in [0, 0.1) is 17.2 Å². The van der Waals surface area contributed by atoms with Gasteiger partial charge < -0.3 is 21.5 Å². The highest BCUT2D eigenvalue weighted by molar-refractivity contribution is 7.21. The number of amides is 1. The Morgan fingerprint density at radius 3 is 2.63 bits per heavy atom. The van der Waals surface area contributed by atoms with Crippen molar-refractivity contribution in [3.63, 3.8) is 0 Å². The van der Waals surface area contributed by atoms with Crippen LogP contribution in [0.5, 0.6) is 0 Å². The molecule has 38 heavy (non-hydrogen) atoms. The summed E-state index contributed by atoms with van der Waals surface area (Å²) < 4.78 is 5.05. The average molecular weight is 546 g/mol. The minimum atomic E-state index is -0.470. The number of fused-ring (bicyclic) bond motifs is 2. The molecule has 8 nitrogen and oxygen atoms in total. The molecule has 10 heteroatoms. The number of pyridine rings is 1. The summed E-state index contributed by atoms with van der Waals surface area (Å²) in [5.74, 6) is -0.339. The van der Waals surface area contributed by atoms with Crippen LogP contribution in [0.1, 0.15) is 61.9 Å². The third-order valence-corrected chi connectivity index (χ3v) is 9.27. The first-order valence-electron chi connectivity index (χ1n) is 12.3. The number of ether oxygens (including phenoxy) is 1. The van der Waals surface area contributed by atoms with Crippen LogP contribution in [0.15, 0.2) is 24.3 Å². The highest BCUT2D eigenvalue weighted by Crippen LogP contribution is 2.44. The van der Waals surface area contributed by atoms with E-state index in [4.69, 9.17) is 16.2 Å². The van der Waals surface area contributed by atoms with Gasteiger partial charge in [-0.25, -0.2) is 9.78 Å². The van der Waals surface area contributed by atoms with Gasteiger partial charge in [-0.1, -0.05) is 38.1 Å². The van der Waals surface area contributed by atoms with E-state index in [1.54, 1.807) is 0 Å². The maximum Gasteiger partial charge on any atom is 0.341 e. The van der Waals surface area contributed by atoms with Crippen molar-refractivity contribution in [2.75, 3.05) is 23.9 Å². The van der Waals surface area contributed by atoms with E-state index < -0.39 is 11.9 Å². The first-order valence-corrected chi connectivity index (χ1v) is 14.0. The van der Waals surface area contributed by atoms with E-state index in [2.05, 4.69) is 30.2 Å². The largest absolute Gasteiger partial charge is 0.465 e. The monoisotopic (exact) mass is 545 g/mol. The van der Waals surface area contributed by atoms with E-state index in [1.807, 2.05) is 24.3 Å². The molecule has 194 valence electrons. The molecule has 0 bridgehead atoms. The number of hydrogen-bond donors (Lipinski definition) is 3. The summed E-state index contributed by atoms with van der Waals surface area (Å²) in [5, 5.41) is 13.8. The van der Waals surface area contributed by atoms with E-state index >= 15 is 0 Å². The summed E-state index contributed by atoms with van der Waals surface area (Å²) >= 11 is 2.52. The van der Waals surface area contributed by atoms with Crippen LogP contribution in [0.25, 0.3) is 21.3 Å². The van der Waals surface area contributed by atoms with Crippen molar-refractivity contribution in [2.24, 2.45) is 5.92 Å². The highest BCUT2D eigenvalue weighted by Gasteiger charge is 2.30. The van der Waals surface area contributed by atoms with Gasteiger partial charge in [0.2, 0.25) is 0 Å². The van der Waals surface area contributed by atoms with Crippen LogP contribution < -0.4 is 16.8 Å². The summed E-state index contributed by atoms with van der Waals surface area (Å²) in [6, 6.07) is 9.98. The number of benzene rings is 1. The van der Waals surface area contributed by atoms with E-state index in [0.717, 1.165) is 58.6 Å². The number of nitrogens with one attached hydrogen (secondary N) is 1. The lowest BCUT2D eigenvalue weighted by Gasteiger charge is -2.18. The lowest BCUT2D eigenvalue weighted by atomic mass is 9.88. The predicted molar refractivity (Wildman–Crippen MR) is 153 cm³/mol. The number of nitrogens with two attached hydrogens (primary N) is 2. The number of nitriles is 1. The molecular formula is C28H27N5O3S2. The normalized spacial score (nSPS) is 14.6. The van der Waals surface area contributed by atoms with Crippen molar-refractivity contribution in [1.29, 1.82) is 5.26 Å². The number of methoxy groups -OCH3 is 1. The third kappa shape index (κ3) is 4.27. The molecule has 0 spiro atoms. The standard InChI is InChI=1S/C28H27N5O3S2/c1-4-14-6-8-15(9-7-14)19-17(12-29)24(31)32-27-21(19)22(30)23(38-27)25(34)33-26-20(28(35)36-3)16-10-5-13(2)11-18(16)37-26/h6-9,13H,4-5,10-11,30H2,1-3H3,(H2,31,32)(H,33,34). The van der Waals surface area contributed by atoms with Crippen molar-refractivity contribution in [2.45, 2.75) is 39.5 Å². The molecule has 5 N–H and O–H groups in total. The molecule has 0 fully saturated rings. The van der Waals surface area contributed by atoms with Gasteiger partial charge in [-0.2, -0.15) is 5.26 Å². The number of esters is 1. The van der Waals surface area contributed by atoms with E-state index in [9.17, 15) is 14.9 Å². The van der Waals surface area contributed by atoms with Crippen LogP contribution in [0.3, 0.4) is 0 Å². The number of carbonyl (C=O) groups is 2. The van der Waals surface area contributed by atoms with E-state index in [0.29, 0.717) is 32.3 Å². The van der Waals surface area contributed by atoms with Gasteiger partial charge >= 0.3 is 5.97 Å². The van der Waals surface area contributed by atoms with Crippen LogP contribution >= 0.6 is 22.7 Å². The van der Waals surface area contributed by atoms with Crippen LogP contribution in [0.2, 0.25) is 0 Å². The van der Waals surface area contributed by atoms with Gasteiger partial charge in [0.25, 0.3) is 5.91 Å². The predicted octanol–water partition coefficient (Wildman–Crippen LogP) is 5.79. The fraction of sp³-hybridized carbons (Fsp3) is 0.286. The highest BCUT2D eigenvalue weighted by atomic mass is 32.1. The Labute approximate surface area is 228 Å². The summed E-state index contributed by atoms with van der Waals surface area (Å²) in [4.78, 5) is 32.4. The molecule has 0 saturated carbocycles. The van der Waals surface area contributed by atoms with Gasteiger partial charge in [0, 0.05) is 15.8 Å². The molecule has 1 atom stereocenters. The molecule has 4 aromatic rings. The minimum Gasteiger partial charge on any atom is -0.465 e. The fourth-order valence-electron chi connectivity index (χ4n) is 4.96. The minimum absolute atomic E-state index is 0.0794. The summed E-state index contributed by atoms with van der Waals surface area (Å²) in [5.41, 5.74) is 17.0. The summed E-state index contributed by atoms with van der Waals surface area (Å²) in [7, 11) is 1.34. The van der Waals surface area contributed by atoms with Crippen molar-refractivity contribution < 1.29 is 14.3 Å². The van der Waals surface area contributed by atoms with Gasteiger partial charge in [-0.3, -0.25) is 4.79 Å². The molecule has 0 saturated heterocycles. The van der Waals surface area contributed by atoms with Crippen LogP contribution in [0.4, 0.5) is 16.5 Å². The molecule has 1 aliphatic carbocycles. The number of anilines is 3. The number of thiophene rings is 2. The molecule has 1 amide bonds. The molecule has 5 rings (SSSR count). The Balaban J connectivity index is 1.61. The Kier molecular flexibility index (Phi) is 6.82. The molecule has 3 aromatic heterocycles. The van der Waals surface area contributed by atoms with Crippen molar-refractivity contribution in [1.82, 2.24) is 4.98 Å². The zero-order valence-corrected chi connectivity index (χ0v) is 22.9. The smallest absolute Gasteiger partial charge is 0.341 e. The van der Waals surface area contributed by atoms with Crippen LogP contribution in [-0.2, 0) is 24.0 Å². The Morgan fingerprint density at radius 2 is 1.97 bits per heavy atom. The van der Waals surface area contributed by atoms with Gasteiger partial charge in [0.05, 0.1) is 18.4 Å². The number of nitrogens with zero attached hydrogens (tertiary/aromatic N) is 2. The van der Waals surface area contributed by atoms with Crippen LogP contribution in [-0.4, -0.2) is 24.0 Å². The molecule has 1 aromatic carbocycles. The van der Waals surface area contributed by atoms with Crippen molar-refractivity contribution in [3.8, 4) is 17.2 Å². The zero-order chi connectivity index (χ0) is 27.1. The molecule has 1 aliphatic rings. The second kappa shape index (κ2) is 10.1. The zero-order valence-electron chi connectivity index (χ0n) is 21.3. The SMILES string of the molecule is CCc1ccc(-c2c(C#N)c(N)nc3sc(C(=O)Nc4sc5c(c4C(=O)OC)CCC(C)C5)c(N)c23)cc1. The Bertz CT molecular complexity index is 1630. The fourth-order valence-corrected chi connectivity index (χ4v) is 7.37. The number of carbonyl (C=O) groups excluding carboxylic acids is 2. The summed E-state index contributed by atoms with van der Waals surface area (Å²) in [6.07, 6.45) is 3.47. The molecule has 0 aliphatic heterocycles. The number of rotatable bonds is 5. The number of aromatic nitrogens is 1. The second-order valence-corrected chi connectivity index (χ2v) is 11.5. The van der Waals surface area contributed by atoms with Gasteiger partial charge in [0.1, 0.15) is 32.2 Å².